The number of benzene rings is 2. The van der Waals surface area contributed by atoms with Gasteiger partial charge in [-0.25, -0.2) is 9.48 Å². The number of anilines is 1. The lowest BCUT2D eigenvalue weighted by Crippen LogP contribution is -2.45. The average molecular weight is 719 g/mol. The molecule has 4 aromatic rings. The monoisotopic (exact) mass is 717 g/mol. The molecule has 13 heteroatoms. The molecule has 2 aromatic carbocycles. The summed E-state index contributed by atoms with van der Waals surface area (Å²) in [7, 11) is 2.15. The third-order valence-corrected chi connectivity index (χ3v) is 10.0. The van der Waals surface area contributed by atoms with Crippen molar-refractivity contribution in [3.8, 4) is 5.75 Å². The highest BCUT2D eigenvalue weighted by atomic mass is 35.5. The number of likely N-dealkylation sites (N-methyl/N-ethyl adjacent to an activating group) is 1. The number of halogens is 2. The van der Waals surface area contributed by atoms with E-state index in [-0.39, 0.29) is 34.9 Å². The SMILES string of the molecule is CN1CCN(CCn2nc(C(C)(C)C)cc2NC(=O)N[C@H]2CC[C@@H](Oc3ccc(=N)n(C(=N)c4c(Cl)cccc4Cl)c3)c3ccccc32)CC1. The van der Waals surface area contributed by atoms with Crippen molar-refractivity contribution >= 4 is 40.9 Å². The van der Waals surface area contributed by atoms with Crippen molar-refractivity contribution in [2.75, 3.05) is 45.1 Å². The summed E-state index contributed by atoms with van der Waals surface area (Å²) >= 11 is 12.7. The molecule has 0 unspecified atom stereocenters. The van der Waals surface area contributed by atoms with Crippen LogP contribution in [0.5, 0.6) is 5.75 Å². The lowest BCUT2D eigenvalue weighted by molar-refractivity contribution is 0.149. The Morgan fingerprint density at radius 2 is 1.66 bits per heavy atom. The Kier molecular flexibility index (Phi) is 10.7. The number of urea groups is 1. The minimum absolute atomic E-state index is 0.0225. The molecular formula is C37H45Cl2N9O2. The maximum Gasteiger partial charge on any atom is 0.320 e. The second kappa shape index (κ2) is 15.0. The maximum absolute atomic E-state index is 13.5. The van der Waals surface area contributed by atoms with Gasteiger partial charge in [-0.2, -0.15) is 5.10 Å². The van der Waals surface area contributed by atoms with Crippen LogP contribution in [0, 0.1) is 10.8 Å². The number of hydrogen-bond donors (Lipinski definition) is 4. The van der Waals surface area contributed by atoms with Crippen molar-refractivity contribution in [2.45, 2.75) is 57.7 Å². The molecule has 2 atom stereocenters. The molecule has 0 saturated carbocycles. The van der Waals surface area contributed by atoms with E-state index in [1.54, 1.807) is 36.5 Å². The summed E-state index contributed by atoms with van der Waals surface area (Å²) in [5.74, 6) is 1.16. The highest BCUT2D eigenvalue weighted by Crippen LogP contribution is 2.39. The zero-order chi connectivity index (χ0) is 35.6. The molecule has 2 aliphatic rings. The van der Waals surface area contributed by atoms with Crippen LogP contribution in [0.25, 0.3) is 0 Å². The molecule has 2 amide bonds. The molecule has 2 aromatic heterocycles. The number of hydrogen-bond acceptors (Lipinski definition) is 7. The summed E-state index contributed by atoms with van der Waals surface area (Å²) < 4.78 is 9.81. The molecule has 1 saturated heterocycles. The molecule has 0 bridgehead atoms. The van der Waals surface area contributed by atoms with Crippen molar-refractivity contribution in [1.82, 2.24) is 29.5 Å². The van der Waals surface area contributed by atoms with Gasteiger partial charge in [0.15, 0.2) is 0 Å². The van der Waals surface area contributed by atoms with Crippen molar-refractivity contribution in [1.29, 1.82) is 10.8 Å². The summed E-state index contributed by atoms with van der Waals surface area (Å²) in [5.41, 5.74) is 3.16. The Balaban J connectivity index is 1.15. The van der Waals surface area contributed by atoms with Gasteiger partial charge >= 0.3 is 6.03 Å². The predicted octanol–water partition coefficient (Wildman–Crippen LogP) is 6.67. The van der Waals surface area contributed by atoms with E-state index in [2.05, 4.69) is 48.3 Å². The van der Waals surface area contributed by atoms with E-state index in [1.807, 2.05) is 35.0 Å². The molecule has 4 N–H and O–H groups in total. The minimum atomic E-state index is -0.291. The van der Waals surface area contributed by atoms with Gasteiger partial charge in [0.1, 0.15) is 29.0 Å². The summed E-state index contributed by atoms with van der Waals surface area (Å²) in [6.45, 7) is 12.1. The molecule has 264 valence electrons. The first-order chi connectivity index (χ1) is 23.9. The molecule has 0 spiro atoms. The minimum Gasteiger partial charge on any atom is -0.484 e. The quantitative estimate of drug-likeness (QED) is 0.120. The van der Waals surface area contributed by atoms with Gasteiger partial charge in [0.05, 0.1) is 40.1 Å². The topological polar surface area (TPSA) is 127 Å². The van der Waals surface area contributed by atoms with Crippen LogP contribution in [-0.2, 0) is 12.0 Å². The molecule has 0 radical (unpaired) electrons. The molecule has 50 heavy (non-hydrogen) atoms. The van der Waals surface area contributed by atoms with Gasteiger partial charge in [-0.3, -0.25) is 25.6 Å². The Bertz CT molecular complexity index is 1900. The maximum atomic E-state index is 13.5. The number of nitrogens with zero attached hydrogens (tertiary/aromatic N) is 5. The van der Waals surface area contributed by atoms with Gasteiger partial charge < -0.3 is 15.0 Å². The molecule has 1 fully saturated rings. The van der Waals surface area contributed by atoms with Crippen molar-refractivity contribution < 1.29 is 9.53 Å². The van der Waals surface area contributed by atoms with Crippen molar-refractivity contribution in [2.24, 2.45) is 0 Å². The number of fused-ring (bicyclic) bond motifs is 1. The first kappa shape index (κ1) is 35.7. The van der Waals surface area contributed by atoms with Crippen LogP contribution in [0.15, 0.2) is 66.9 Å². The van der Waals surface area contributed by atoms with Gasteiger partial charge in [0.2, 0.25) is 0 Å². The summed E-state index contributed by atoms with van der Waals surface area (Å²) in [6, 6.07) is 17.8. The number of pyridine rings is 1. The number of amides is 2. The van der Waals surface area contributed by atoms with Crippen LogP contribution in [-0.4, -0.2) is 75.8 Å². The fourth-order valence-electron chi connectivity index (χ4n) is 6.44. The van der Waals surface area contributed by atoms with Crippen LogP contribution < -0.4 is 20.9 Å². The van der Waals surface area contributed by atoms with E-state index in [0.29, 0.717) is 46.6 Å². The van der Waals surface area contributed by atoms with Gasteiger partial charge in [0.25, 0.3) is 0 Å². The molecule has 3 heterocycles. The third kappa shape index (κ3) is 8.07. The number of rotatable bonds is 8. The summed E-state index contributed by atoms with van der Waals surface area (Å²) in [4.78, 5) is 18.3. The average Bonchev–Trinajstić information content (AvgIpc) is 3.49. The van der Waals surface area contributed by atoms with E-state index in [4.69, 9.17) is 43.9 Å². The standard InChI is InChI=1S/C37H45Cl2N9O2/c1-37(2,3)31-22-33(48(44-31)21-20-46-18-16-45(4)17-19-46)43-36(49)42-29-13-14-30(26-9-6-5-8-25(26)29)50-24-12-15-32(40)47(23-24)35(41)34-27(38)10-7-11-28(34)39/h5-12,15,22-23,29-30,40-41H,13-14,16-21H2,1-4H3,(H2,42,43,49)/t29-,30+/m0/s1. The lowest BCUT2D eigenvalue weighted by Gasteiger charge is -2.32. The highest BCUT2D eigenvalue weighted by molar-refractivity contribution is 6.40. The number of carbonyl (C=O) groups excluding carboxylic acids is 1. The van der Waals surface area contributed by atoms with Crippen LogP contribution >= 0.6 is 23.2 Å². The van der Waals surface area contributed by atoms with Crippen LogP contribution in [0.2, 0.25) is 10.0 Å². The Hall–Kier alpha value is -4.16. The number of aromatic nitrogens is 3. The molecule has 11 nitrogen and oxygen atoms in total. The second-order valence-electron chi connectivity index (χ2n) is 14.1. The zero-order valence-electron chi connectivity index (χ0n) is 29.0. The van der Waals surface area contributed by atoms with Crippen LogP contribution in [0.3, 0.4) is 0 Å². The molecular weight excluding hydrogens is 673 g/mol. The van der Waals surface area contributed by atoms with E-state index in [9.17, 15) is 4.79 Å². The number of ether oxygens (including phenoxy) is 1. The van der Waals surface area contributed by atoms with E-state index >= 15 is 0 Å². The fourth-order valence-corrected chi connectivity index (χ4v) is 7.02. The van der Waals surface area contributed by atoms with Crippen molar-refractivity contribution in [3.63, 3.8) is 0 Å². The van der Waals surface area contributed by atoms with Crippen LogP contribution in [0.1, 0.15) is 68.1 Å². The van der Waals surface area contributed by atoms with E-state index < -0.39 is 0 Å². The van der Waals surface area contributed by atoms with Gasteiger partial charge in [-0.05, 0) is 55.3 Å². The van der Waals surface area contributed by atoms with Crippen molar-refractivity contribution in [3.05, 3.63) is 105 Å². The van der Waals surface area contributed by atoms with E-state index in [0.717, 1.165) is 49.5 Å². The predicted molar refractivity (Wildman–Crippen MR) is 198 cm³/mol. The Morgan fingerprint density at radius 3 is 2.36 bits per heavy atom. The number of nitrogens with one attached hydrogen (secondary N) is 4. The largest absolute Gasteiger partial charge is 0.484 e. The second-order valence-corrected chi connectivity index (χ2v) is 14.9. The number of carbonyl (C=O) groups is 1. The normalized spacial score (nSPS) is 18.4. The number of piperazine rings is 1. The Labute approximate surface area is 303 Å². The summed E-state index contributed by atoms with van der Waals surface area (Å²) in [5, 5.41) is 29.1. The third-order valence-electron chi connectivity index (χ3n) is 9.40. The van der Waals surface area contributed by atoms with E-state index in [1.165, 1.54) is 4.57 Å². The van der Waals surface area contributed by atoms with Gasteiger partial charge in [-0.1, -0.05) is 74.3 Å². The first-order valence-corrected chi connectivity index (χ1v) is 17.8. The fraction of sp³-hybridized carbons (Fsp3) is 0.405. The lowest BCUT2D eigenvalue weighted by atomic mass is 9.85. The molecule has 6 rings (SSSR count). The van der Waals surface area contributed by atoms with Crippen LogP contribution in [0.4, 0.5) is 10.6 Å². The van der Waals surface area contributed by atoms with Gasteiger partial charge in [0, 0.05) is 44.2 Å². The molecule has 1 aliphatic heterocycles. The first-order valence-electron chi connectivity index (χ1n) is 17.0. The smallest absolute Gasteiger partial charge is 0.320 e. The Morgan fingerprint density at radius 1 is 0.960 bits per heavy atom. The molecule has 1 aliphatic carbocycles. The summed E-state index contributed by atoms with van der Waals surface area (Å²) in [6.07, 6.45) is 2.63. The zero-order valence-corrected chi connectivity index (χ0v) is 30.5. The van der Waals surface area contributed by atoms with Gasteiger partial charge in [-0.15, -0.1) is 0 Å². The highest BCUT2D eigenvalue weighted by Gasteiger charge is 2.30.